The van der Waals surface area contributed by atoms with Gasteiger partial charge in [-0.2, -0.15) is 0 Å². The van der Waals surface area contributed by atoms with Crippen LogP contribution in [0.3, 0.4) is 0 Å². The zero-order valence-electron chi connectivity index (χ0n) is 16.5. The van der Waals surface area contributed by atoms with Crippen LogP contribution >= 0.6 is 0 Å². The number of methoxy groups -OCH3 is 2. The molecule has 0 saturated carbocycles. The monoisotopic (exact) mass is 371 g/mol. The first-order valence-electron chi connectivity index (χ1n) is 9.70. The summed E-state index contributed by atoms with van der Waals surface area (Å²) in [6.45, 7) is 4.62. The standard InChI is InChI=1S/C21H29N3O3/c1-4-5-12-23-14-11-22-20(23)16-8-7-13-24(15-16)21(25)17-9-6-10-18(26-2)19(17)27-3/h6,9-11,14,16H,4-5,7-8,12-13,15H2,1-3H3/t16-/m1/s1. The van der Waals surface area contributed by atoms with Gasteiger partial charge in [-0.1, -0.05) is 19.4 Å². The highest BCUT2D eigenvalue weighted by Gasteiger charge is 2.29. The highest BCUT2D eigenvalue weighted by atomic mass is 16.5. The van der Waals surface area contributed by atoms with Gasteiger partial charge in [0.25, 0.3) is 5.91 Å². The van der Waals surface area contributed by atoms with Crippen molar-refractivity contribution < 1.29 is 14.3 Å². The number of amides is 1. The number of rotatable bonds is 7. The van der Waals surface area contributed by atoms with Gasteiger partial charge in [0.05, 0.1) is 19.8 Å². The molecule has 1 aliphatic rings. The van der Waals surface area contributed by atoms with Crippen LogP contribution in [0, 0.1) is 0 Å². The Morgan fingerprint density at radius 2 is 2.15 bits per heavy atom. The SMILES string of the molecule is CCCCn1ccnc1[C@@H]1CCCN(C(=O)c2cccc(OC)c2OC)C1. The van der Waals surface area contributed by atoms with E-state index in [2.05, 4.69) is 22.7 Å². The summed E-state index contributed by atoms with van der Waals surface area (Å²) in [5.74, 6) is 2.43. The van der Waals surface area contributed by atoms with Crippen LogP contribution in [0.1, 0.15) is 54.7 Å². The fraction of sp³-hybridized carbons (Fsp3) is 0.524. The molecule has 2 heterocycles. The molecular formula is C21H29N3O3. The van der Waals surface area contributed by atoms with Crippen LogP contribution in [0.5, 0.6) is 11.5 Å². The molecule has 1 aliphatic heterocycles. The maximum absolute atomic E-state index is 13.2. The van der Waals surface area contributed by atoms with E-state index in [0.29, 0.717) is 23.6 Å². The fourth-order valence-electron chi connectivity index (χ4n) is 3.80. The number of ether oxygens (including phenoxy) is 2. The van der Waals surface area contributed by atoms with Gasteiger partial charge in [-0.05, 0) is 31.4 Å². The molecule has 1 aromatic heterocycles. The number of unbranched alkanes of at least 4 members (excludes halogenated alkanes) is 1. The largest absolute Gasteiger partial charge is 0.493 e. The normalized spacial score (nSPS) is 17.0. The van der Waals surface area contributed by atoms with Crippen molar-refractivity contribution in [3.63, 3.8) is 0 Å². The third kappa shape index (κ3) is 4.10. The molecule has 1 amide bonds. The second-order valence-electron chi connectivity index (χ2n) is 6.96. The molecule has 0 spiro atoms. The lowest BCUT2D eigenvalue weighted by atomic mass is 9.96. The molecule has 6 heteroatoms. The number of benzene rings is 1. The van der Waals surface area contributed by atoms with Crippen LogP contribution in [0.2, 0.25) is 0 Å². The number of carbonyl (C=O) groups excluding carboxylic acids is 1. The molecule has 0 unspecified atom stereocenters. The molecule has 1 aromatic carbocycles. The first-order valence-corrected chi connectivity index (χ1v) is 9.70. The van der Waals surface area contributed by atoms with E-state index in [0.717, 1.165) is 44.6 Å². The van der Waals surface area contributed by atoms with E-state index in [4.69, 9.17) is 9.47 Å². The summed E-state index contributed by atoms with van der Waals surface area (Å²) in [5.41, 5.74) is 0.548. The summed E-state index contributed by atoms with van der Waals surface area (Å²) < 4.78 is 13.0. The zero-order valence-corrected chi connectivity index (χ0v) is 16.5. The summed E-state index contributed by atoms with van der Waals surface area (Å²) in [5, 5.41) is 0. The summed E-state index contributed by atoms with van der Waals surface area (Å²) in [4.78, 5) is 19.7. The molecule has 1 saturated heterocycles. The first kappa shape index (κ1) is 19.3. The van der Waals surface area contributed by atoms with Gasteiger partial charge in [0, 0.05) is 37.9 Å². The molecule has 0 N–H and O–H groups in total. The van der Waals surface area contributed by atoms with Gasteiger partial charge in [-0.15, -0.1) is 0 Å². The van der Waals surface area contributed by atoms with Crippen molar-refractivity contribution in [2.75, 3.05) is 27.3 Å². The number of aromatic nitrogens is 2. The predicted octanol–water partition coefficient (Wildman–Crippen LogP) is 3.72. The smallest absolute Gasteiger partial charge is 0.257 e. The molecule has 1 atom stereocenters. The van der Waals surface area contributed by atoms with Gasteiger partial charge in [0.15, 0.2) is 11.5 Å². The van der Waals surface area contributed by atoms with E-state index in [1.807, 2.05) is 17.2 Å². The Morgan fingerprint density at radius 1 is 1.30 bits per heavy atom. The Morgan fingerprint density at radius 3 is 2.89 bits per heavy atom. The summed E-state index contributed by atoms with van der Waals surface area (Å²) in [6, 6.07) is 5.43. The number of hydrogen-bond donors (Lipinski definition) is 0. The minimum atomic E-state index is -0.0119. The Kier molecular flexibility index (Phi) is 6.37. The van der Waals surface area contributed by atoms with Gasteiger partial charge >= 0.3 is 0 Å². The molecule has 0 bridgehead atoms. The molecule has 0 radical (unpaired) electrons. The minimum Gasteiger partial charge on any atom is -0.493 e. The van der Waals surface area contributed by atoms with Crippen LogP contribution in [-0.2, 0) is 6.54 Å². The maximum Gasteiger partial charge on any atom is 0.257 e. The third-order valence-electron chi connectivity index (χ3n) is 5.21. The quantitative estimate of drug-likeness (QED) is 0.744. The van der Waals surface area contributed by atoms with E-state index in [1.54, 1.807) is 26.4 Å². The van der Waals surface area contributed by atoms with E-state index in [-0.39, 0.29) is 11.8 Å². The number of nitrogens with zero attached hydrogens (tertiary/aromatic N) is 3. The Labute approximate surface area is 161 Å². The van der Waals surface area contributed by atoms with E-state index >= 15 is 0 Å². The van der Waals surface area contributed by atoms with Crippen LogP contribution < -0.4 is 9.47 Å². The molecule has 1 fully saturated rings. The van der Waals surface area contributed by atoms with Gasteiger partial charge in [0.1, 0.15) is 5.82 Å². The zero-order chi connectivity index (χ0) is 19.2. The molecule has 0 aliphatic carbocycles. The number of aryl methyl sites for hydroxylation is 1. The van der Waals surface area contributed by atoms with Crippen molar-refractivity contribution in [3.8, 4) is 11.5 Å². The topological polar surface area (TPSA) is 56.6 Å². The summed E-state index contributed by atoms with van der Waals surface area (Å²) in [7, 11) is 3.15. The Bertz CT molecular complexity index is 772. The summed E-state index contributed by atoms with van der Waals surface area (Å²) in [6.07, 6.45) is 8.25. The molecule has 2 aromatic rings. The Balaban J connectivity index is 1.79. The number of piperidine rings is 1. The highest BCUT2D eigenvalue weighted by Crippen LogP contribution is 2.33. The van der Waals surface area contributed by atoms with Crippen molar-refractivity contribution in [2.24, 2.45) is 0 Å². The van der Waals surface area contributed by atoms with E-state index < -0.39 is 0 Å². The second kappa shape index (κ2) is 8.93. The fourth-order valence-corrected chi connectivity index (χ4v) is 3.80. The third-order valence-corrected chi connectivity index (χ3v) is 5.21. The van der Waals surface area contributed by atoms with Gasteiger partial charge in [-0.25, -0.2) is 4.98 Å². The molecule has 6 nitrogen and oxygen atoms in total. The van der Waals surface area contributed by atoms with Crippen molar-refractivity contribution in [2.45, 2.75) is 45.1 Å². The van der Waals surface area contributed by atoms with Crippen LogP contribution in [0.15, 0.2) is 30.6 Å². The summed E-state index contributed by atoms with van der Waals surface area (Å²) >= 11 is 0. The lowest BCUT2D eigenvalue weighted by molar-refractivity contribution is 0.0699. The number of hydrogen-bond acceptors (Lipinski definition) is 4. The number of para-hydroxylation sites is 1. The first-order chi connectivity index (χ1) is 13.2. The average molecular weight is 371 g/mol. The van der Waals surface area contributed by atoms with E-state index in [1.165, 1.54) is 0 Å². The van der Waals surface area contributed by atoms with E-state index in [9.17, 15) is 4.79 Å². The molecule has 3 rings (SSSR count). The van der Waals surface area contributed by atoms with Crippen LogP contribution in [0.25, 0.3) is 0 Å². The molecular weight excluding hydrogens is 342 g/mol. The maximum atomic E-state index is 13.2. The van der Waals surface area contributed by atoms with Crippen molar-refractivity contribution in [1.29, 1.82) is 0 Å². The van der Waals surface area contributed by atoms with Gasteiger partial charge < -0.3 is 18.9 Å². The lowest BCUT2D eigenvalue weighted by Crippen LogP contribution is -2.40. The lowest BCUT2D eigenvalue weighted by Gasteiger charge is -2.33. The number of likely N-dealkylation sites (tertiary alicyclic amines) is 1. The van der Waals surface area contributed by atoms with Crippen molar-refractivity contribution in [3.05, 3.63) is 42.0 Å². The molecule has 27 heavy (non-hydrogen) atoms. The van der Waals surface area contributed by atoms with Crippen LogP contribution in [0.4, 0.5) is 0 Å². The van der Waals surface area contributed by atoms with Crippen LogP contribution in [-0.4, -0.2) is 47.7 Å². The predicted molar refractivity (Wildman–Crippen MR) is 105 cm³/mol. The van der Waals surface area contributed by atoms with Crippen molar-refractivity contribution in [1.82, 2.24) is 14.5 Å². The average Bonchev–Trinajstić information content (AvgIpc) is 3.19. The highest BCUT2D eigenvalue weighted by molar-refractivity contribution is 5.98. The number of carbonyl (C=O) groups is 1. The Hall–Kier alpha value is -2.50. The minimum absolute atomic E-state index is 0.0119. The van der Waals surface area contributed by atoms with Gasteiger partial charge in [-0.3, -0.25) is 4.79 Å². The van der Waals surface area contributed by atoms with Gasteiger partial charge in [0.2, 0.25) is 0 Å². The second-order valence-corrected chi connectivity index (χ2v) is 6.96. The molecule has 146 valence electrons. The number of imidazole rings is 1. The van der Waals surface area contributed by atoms with Crippen molar-refractivity contribution >= 4 is 5.91 Å².